The number of para-hydroxylation sites is 1. The number of benzene rings is 2. The van der Waals surface area contributed by atoms with Crippen LogP contribution in [0.4, 0.5) is 5.69 Å². The summed E-state index contributed by atoms with van der Waals surface area (Å²) in [6, 6.07) is 10.4. The summed E-state index contributed by atoms with van der Waals surface area (Å²) in [5.41, 5.74) is 1.90. The van der Waals surface area contributed by atoms with Gasteiger partial charge in [0, 0.05) is 5.69 Å². The van der Waals surface area contributed by atoms with E-state index in [1.807, 2.05) is 25.1 Å². The number of thiocarbonyl (C=S) groups is 1. The van der Waals surface area contributed by atoms with Crippen LogP contribution < -0.4 is 25.4 Å². The average molecular weight is 474 g/mol. The van der Waals surface area contributed by atoms with Gasteiger partial charge in [-0.2, -0.15) is 0 Å². The highest BCUT2D eigenvalue weighted by molar-refractivity contribution is 7.80. The normalized spacial score (nSPS) is 13.2. The quantitative estimate of drug-likeness (QED) is 0.324. The van der Waals surface area contributed by atoms with Gasteiger partial charge in [0.2, 0.25) is 0 Å². The molecule has 1 aliphatic rings. The largest absolute Gasteiger partial charge is 0.490 e. The molecule has 2 aromatic rings. The van der Waals surface area contributed by atoms with Gasteiger partial charge in [0.1, 0.15) is 5.57 Å². The van der Waals surface area contributed by atoms with E-state index in [2.05, 4.69) is 16.0 Å². The fourth-order valence-electron chi connectivity index (χ4n) is 2.88. The maximum absolute atomic E-state index is 12.3. The molecule has 1 fully saturated rings. The predicted molar refractivity (Wildman–Crippen MR) is 125 cm³/mol. The van der Waals surface area contributed by atoms with Gasteiger partial charge in [0.15, 0.2) is 23.2 Å². The maximum Gasteiger partial charge on any atom is 0.263 e. The number of halogens is 1. The standard InChI is InChI=1S/C22H20ClN3O5S/c1-3-30-17-10-13(8-14-20(28)25-22(32)26-21(14)29)9-15(23)19(17)31-11-18(27)24-16-7-5-4-6-12(16)2/h4-10H,3,11H2,1-2H3,(H,24,27)(H2,25,26,28,29,32). The van der Waals surface area contributed by atoms with E-state index in [1.54, 1.807) is 19.1 Å². The van der Waals surface area contributed by atoms with Crippen molar-refractivity contribution in [1.29, 1.82) is 0 Å². The highest BCUT2D eigenvalue weighted by Gasteiger charge is 2.26. The Kier molecular flexibility index (Phi) is 7.45. The number of carbonyl (C=O) groups is 3. The van der Waals surface area contributed by atoms with E-state index in [0.29, 0.717) is 17.9 Å². The van der Waals surface area contributed by atoms with Crippen LogP contribution in [0.1, 0.15) is 18.1 Å². The van der Waals surface area contributed by atoms with Gasteiger partial charge in [-0.05, 0) is 61.5 Å². The summed E-state index contributed by atoms with van der Waals surface area (Å²) in [4.78, 5) is 36.5. The van der Waals surface area contributed by atoms with E-state index in [9.17, 15) is 14.4 Å². The molecule has 1 aliphatic heterocycles. The van der Waals surface area contributed by atoms with Crippen LogP contribution >= 0.6 is 23.8 Å². The minimum atomic E-state index is -0.624. The summed E-state index contributed by atoms with van der Waals surface area (Å²) < 4.78 is 11.2. The molecule has 0 atom stereocenters. The molecule has 0 aliphatic carbocycles. The van der Waals surface area contributed by atoms with Crippen LogP contribution in [0.15, 0.2) is 42.0 Å². The second-order valence-corrected chi connectivity index (χ2v) is 7.53. The second-order valence-electron chi connectivity index (χ2n) is 6.71. The van der Waals surface area contributed by atoms with E-state index in [0.717, 1.165) is 5.56 Å². The fraction of sp³-hybridized carbons (Fsp3) is 0.182. The number of carbonyl (C=O) groups excluding carboxylic acids is 3. The van der Waals surface area contributed by atoms with Gasteiger partial charge < -0.3 is 14.8 Å². The molecular weight excluding hydrogens is 454 g/mol. The van der Waals surface area contributed by atoms with Crippen LogP contribution in [0.3, 0.4) is 0 Å². The van der Waals surface area contributed by atoms with Crippen molar-refractivity contribution in [2.45, 2.75) is 13.8 Å². The number of hydrogen-bond donors (Lipinski definition) is 3. The zero-order valence-electron chi connectivity index (χ0n) is 17.3. The lowest BCUT2D eigenvalue weighted by Crippen LogP contribution is -2.51. The molecular formula is C22H20ClN3O5S. The Morgan fingerprint density at radius 2 is 1.84 bits per heavy atom. The molecule has 3 rings (SSSR count). The Morgan fingerprint density at radius 3 is 2.50 bits per heavy atom. The van der Waals surface area contributed by atoms with Crippen molar-refractivity contribution in [3.63, 3.8) is 0 Å². The first-order valence-corrected chi connectivity index (χ1v) is 10.4. The van der Waals surface area contributed by atoms with Crippen LogP contribution in [0, 0.1) is 6.92 Å². The van der Waals surface area contributed by atoms with Gasteiger partial charge in [-0.15, -0.1) is 0 Å². The summed E-state index contributed by atoms with van der Waals surface area (Å²) in [5.74, 6) is -1.17. The highest BCUT2D eigenvalue weighted by atomic mass is 35.5. The molecule has 1 heterocycles. The van der Waals surface area contributed by atoms with E-state index in [4.69, 9.17) is 33.3 Å². The summed E-state index contributed by atoms with van der Waals surface area (Å²) in [6.07, 6.45) is 1.36. The van der Waals surface area contributed by atoms with Gasteiger partial charge in [0.25, 0.3) is 17.7 Å². The summed E-state index contributed by atoms with van der Waals surface area (Å²) >= 11 is 11.2. The number of hydrogen-bond acceptors (Lipinski definition) is 6. The lowest BCUT2D eigenvalue weighted by molar-refractivity contribution is -0.123. The van der Waals surface area contributed by atoms with E-state index in [1.165, 1.54) is 12.1 Å². The summed E-state index contributed by atoms with van der Waals surface area (Å²) in [7, 11) is 0. The van der Waals surface area contributed by atoms with Gasteiger partial charge in [0.05, 0.1) is 11.6 Å². The maximum atomic E-state index is 12.3. The average Bonchev–Trinajstić information content (AvgIpc) is 2.72. The fourth-order valence-corrected chi connectivity index (χ4v) is 3.34. The van der Waals surface area contributed by atoms with Crippen LogP contribution in [-0.4, -0.2) is 36.0 Å². The molecule has 10 heteroatoms. The molecule has 0 saturated carbocycles. The third-order valence-corrected chi connectivity index (χ3v) is 4.84. The first-order valence-electron chi connectivity index (χ1n) is 9.61. The lowest BCUT2D eigenvalue weighted by Gasteiger charge is -2.17. The van der Waals surface area contributed by atoms with Crippen LogP contribution in [0.25, 0.3) is 6.08 Å². The number of rotatable bonds is 7. The first kappa shape index (κ1) is 23.2. The van der Waals surface area contributed by atoms with Gasteiger partial charge in [-0.1, -0.05) is 29.8 Å². The van der Waals surface area contributed by atoms with Crippen molar-refractivity contribution < 1.29 is 23.9 Å². The molecule has 8 nitrogen and oxygen atoms in total. The second kappa shape index (κ2) is 10.3. The number of nitrogens with one attached hydrogen (secondary N) is 3. The third kappa shape index (κ3) is 5.63. The molecule has 0 bridgehead atoms. The summed E-state index contributed by atoms with van der Waals surface area (Å²) in [5, 5.41) is 7.59. The Balaban J connectivity index is 1.80. The molecule has 2 aromatic carbocycles. The van der Waals surface area contributed by atoms with Crippen molar-refractivity contribution in [1.82, 2.24) is 10.6 Å². The summed E-state index contributed by atoms with van der Waals surface area (Å²) in [6.45, 7) is 3.67. The molecule has 3 amide bonds. The molecule has 1 saturated heterocycles. The van der Waals surface area contributed by atoms with Gasteiger partial charge in [-0.25, -0.2) is 0 Å². The van der Waals surface area contributed by atoms with Crippen molar-refractivity contribution in [3.05, 3.63) is 58.1 Å². The lowest BCUT2D eigenvalue weighted by atomic mass is 10.1. The topological polar surface area (TPSA) is 106 Å². The van der Waals surface area contributed by atoms with Crippen LogP contribution in [0.2, 0.25) is 5.02 Å². The van der Waals surface area contributed by atoms with Gasteiger partial charge >= 0.3 is 0 Å². The number of aryl methyl sites for hydroxylation is 1. The van der Waals surface area contributed by atoms with Gasteiger partial charge in [-0.3, -0.25) is 25.0 Å². The van der Waals surface area contributed by atoms with Crippen molar-refractivity contribution in [3.8, 4) is 11.5 Å². The zero-order valence-corrected chi connectivity index (χ0v) is 18.9. The zero-order chi connectivity index (χ0) is 23.3. The van der Waals surface area contributed by atoms with Crippen LogP contribution in [0.5, 0.6) is 11.5 Å². The van der Waals surface area contributed by atoms with E-state index in [-0.39, 0.29) is 39.7 Å². The Labute approximate surface area is 194 Å². The minimum absolute atomic E-state index is 0.0575. The Hall–Kier alpha value is -3.43. The molecule has 3 N–H and O–H groups in total. The number of amides is 3. The van der Waals surface area contributed by atoms with E-state index >= 15 is 0 Å². The minimum Gasteiger partial charge on any atom is -0.490 e. The third-order valence-electron chi connectivity index (χ3n) is 4.35. The molecule has 166 valence electrons. The molecule has 32 heavy (non-hydrogen) atoms. The molecule has 0 aromatic heterocycles. The monoisotopic (exact) mass is 473 g/mol. The SMILES string of the molecule is CCOc1cc(C=C2C(=O)NC(=S)NC2=O)cc(Cl)c1OCC(=O)Nc1ccccc1C. The molecule has 0 spiro atoms. The van der Waals surface area contributed by atoms with Crippen molar-refractivity contribution in [2.75, 3.05) is 18.5 Å². The first-order chi connectivity index (χ1) is 15.3. The molecule has 0 unspecified atom stereocenters. The number of ether oxygens (including phenoxy) is 2. The number of anilines is 1. The Morgan fingerprint density at radius 1 is 1.16 bits per heavy atom. The Bertz CT molecular complexity index is 1110. The smallest absolute Gasteiger partial charge is 0.263 e. The van der Waals surface area contributed by atoms with Crippen LogP contribution in [-0.2, 0) is 14.4 Å². The van der Waals surface area contributed by atoms with Crippen molar-refractivity contribution in [2.24, 2.45) is 0 Å². The predicted octanol–water partition coefficient (Wildman–Crippen LogP) is 2.98. The van der Waals surface area contributed by atoms with E-state index < -0.39 is 11.8 Å². The molecule has 0 radical (unpaired) electrons. The van der Waals surface area contributed by atoms with Crippen molar-refractivity contribution >= 4 is 58.4 Å². The highest BCUT2D eigenvalue weighted by Crippen LogP contribution is 2.37.